The molecule has 3 rings (SSSR count). The minimum Gasteiger partial charge on any atom is -0.399 e. The molecule has 4 nitrogen and oxygen atoms in total. The van der Waals surface area contributed by atoms with E-state index in [1.807, 2.05) is 26.0 Å². The summed E-state index contributed by atoms with van der Waals surface area (Å²) in [5.41, 5.74) is 9.24. The molecule has 2 atom stereocenters. The van der Waals surface area contributed by atoms with Gasteiger partial charge in [-0.2, -0.15) is 15.8 Å². The van der Waals surface area contributed by atoms with E-state index in [2.05, 4.69) is 30.4 Å². The second-order valence-corrected chi connectivity index (χ2v) is 6.97. The molecule has 1 aromatic carbocycles. The third kappa shape index (κ3) is 2.33. The van der Waals surface area contributed by atoms with Crippen molar-refractivity contribution in [3.8, 4) is 18.2 Å². The van der Waals surface area contributed by atoms with Crippen LogP contribution in [0, 0.1) is 59.2 Å². The fraction of sp³-hybridized carbons (Fsp3) is 0.381. The van der Waals surface area contributed by atoms with Gasteiger partial charge >= 0.3 is 0 Å². The van der Waals surface area contributed by atoms with E-state index < -0.39 is 5.41 Å². The Labute approximate surface area is 148 Å². The smallest absolute Gasteiger partial charge is 0.191 e. The van der Waals surface area contributed by atoms with Crippen molar-refractivity contribution < 1.29 is 0 Å². The van der Waals surface area contributed by atoms with E-state index in [1.54, 1.807) is 0 Å². The van der Waals surface area contributed by atoms with Crippen LogP contribution in [0.5, 0.6) is 0 Å². The fourth-order valence-corrected chi connectivity index (χ4v) is 4.31. The van der Waals surface area contributed by atoms with Crippen LogP contribution in [0.3, 0.4) is 0 Å². The molecule has 2 unspecified atom stereocenters. The second kappa shape index (κ2) is 6.12. The number of nitrogens with two attached hydrogens (primary N) is 1. The second-order valence-electron chi connectivity index (χ2n) is 6.97. The Kier molecular flexibility index (Phi) is 4.12. The van der Waals surface area contributed by atoms with Gasteiger partial charge < -0.3 is 5.73 Å². The average molecular weight is 328 g/mol. The molecule has 2 aliphatic carbocycles. The third-order valence-corrected chi connectivity index (χ3v) is 5.57. The summed E-state index contributed by atoms with van der Waals surface area (Å²) in [7, 11) is 0. The Bertz CT molecular complexity index is 901. The summed E-state index contributed by atoms with van der Waals surface area (Å²) >= 11 is 0. The van der Waals surface area contributed by atoms with Crippen LogP contribution < -0.4 is 5.73 Å². The quantitative estimate of drug-likeness (QED) is 0.845. The molecule has 25 heavy (non-hydrogen) atoms. The zero-order valence-electron chi connectivity index (χ0n) is 14.5. The van der Waals surface area contributed by atoms with E-state index >= 15 is 0 Å². The number of hydrogen-bond acceptors (Lipinski definition) is 4. The lowest BCUT2D eigenvalue weighted by Crippen LogP contribution is -2.43. The number of benzene rings is 1. The molecule has 0 radical (unpaired) electrons. The number of rotatable bonds is 1. The van der Waals surface area contributed by atoms with Crippen molar-refractivity contribution in [1.82, 2.24) is 0 Å². The Hall–Kier alpha value is -3.03. The van der Waals surface area contributed by atoms with Gasteiger partial charge in [0.2, 0.25) is 0 Å². The minimum absolute atomic E-state index is 0.0319. The van der Waals surface area contributed by atoms with E-state index in [1.165, 1.54) is 0 Å². The molecule has 2 N–H and O–H groups in total. The molecule has 0 spiro atoms. The van der Waals surface area contributed by atoms with E-state index in [-0.39, 0.29) is 17.5 Å². The molecule has 0 saturated carbocycles. The third-order valence-electron chi connectivity index (χ3n) is 5.57. The highest BCUT2D eigenvalue weighted by atomic mass is 14.7. The molecule has 0 aromatic heterocycles. The van der Waals surface area contributed by atoms with Gasteiger partial charge in [0.15, 0.2) is 5.41 Å². The van der Waals surface area contributed by atoms with Crippen molar-refractivity contribution in [3.05, 3.63) is 57.8 Å². The van der Waals surface area contributed by atoms with Gasteiger partial charge in [0, 0.05) is 5.92 Å². The largest absolute Gasteiger partial charge is 0.399 e. The van der Waals surface area contributed by atoms with Crippen molar-refractivity contribution in [2.75, 3.05) is 0 Å². The van der Waals surface area contributed by atoms with E-state index in [0.717, 1.165) is 41.5 Å². The maximum atomic E-state index is 9.99. The first-order valence-electron chi connectivity index (χ1n) is 8.50. The van der Waals surface area contributed by atoms with E-state index in [9.17, 15) is 15.8 Å². The summed E-state index contributed by atoms with van der Waals surface area (Å²) in [6, 6.07) is 12.6. The molecule has 124 valence electrons. The van der Waals surface area contributed by atoms with E-state index in [4.69, 9.17) is 5.73 Å². The predicted molar refractivity (Wildman–Crippen MR) is 94.6 cm³/mol. The maximum Gasteiger partial charge on any atom is 0.191 e. The lowest BCUT2D eigenvalue weighted by atomic mass is 9.56. The van der Waals surface area contributed by atoms with Gasteiger partial charge in [0.25, 0.3) is 0 Å². The monoisotopic (exact) mass is 328 g/mol. The van der Waals surface area contributed by atoms with Gasteiger partial charge in [-0.1, -0.05) is 29.8 Å². The molecule has 0 amide bonds. The zero-order valence-corrected chi connectivity index (χ0v) is 14.5. The van der Waals surface area contributed by atoms with E-state index in [0.29, 0.717) is 5.57 Å². The van der Waals surface area contributed by atoms with Crippen molar-refractivity contribution in [2.24, 2.45) is 17.1 Å². The topological polar surface area (TPSA) is 97.4 Å². The highest BCUT2D eigenvalue weighted by Crippen LogP contribution is 2.56. The molecular weight excluding hydrogens is 308 g/mol. The Morgan fingerprint density at radius 2 is 1.88 bits per heavy atom. The SMILES string of the molecule is Cc1ccc(C)c(C2C3CCCC=C3C(C#N)=C(N)C2(C#N)C#N)c1. The van der Waals surface area contributed by atoms with Crippen LogP contribution in [0.15, 0.2) is 41.1 Å². The molecular formula is C21H20N4. The van der Waals surface area contributed by atoms with Crippen molar-refractivity contribution >= 4 is 0 Å². The Morgan fingerprint density at radius 3 is 2.52 bits per heavy atom. The molecule has 2 aliphatic rings. The molecule has 0 fully saturated rings. The summed E-state index contributed by atoms with van der Waals surface area (Å²) in [5.74, 6) is -0.387. The summed E-state index contributed by atoms with van der Waals surface area (Å²) in [4.78, 5) is 0. The molecule has 1 aromatic rings. The first kappa shape index (κ1) is 16.8. The lowest BCUT2D eigenvalue weighted by molar-refractivity contribution is 0.316. The summed E-state index contributed by atoms with van der Waals surface area (Å²) in [6.45, 7) is 4.00. The number of nitrogens with zero attached hydrogens (tertiary/aromatic N) is 3. The van der Waals surface area contributed by atoms with Gasteiger partial charge in [0.1, 0.15) is 6.07 Å². The number of hydrogen-bond donors (Lipinski definition) is 1. The van der Waals surface area contributed by atoms with Crippen LogP contribution in [-0.4, -0.2) is 0 Å². The van der Waals surface area contributed by atoms with Crippen molar-refractivity contribution in [2.45, 2.75) is 39.0 Å². The van der Waals surface area contributed by atoms with Crippen LogP contribution in [0.1, 0.15) is 41.9 Å². The Morgan fingerprint density at radius 1 is 1.16 bits per heavy atom. The summed E-state index contributed by atoms with van der Waals surface area (Å²) in [6.07, 6.45) is 4.81. The van der Waals surface area contributed by atoms with Crippen LogP contribution in [0.25, 0.3) is 0 Å². The van der Waals surface area contributed by atoms with Crippen LogP contribution in [-0.2, 0) is 0 Å². The van der Waals surface area contributed by atoms with Crippen LogP contribution in [0.4, 0.5) is 0 Å². The van der Waals surface area contributed by atoms with Crippen LogP contribution in [0.2, 0.25) is 0 Å². The highest BCUT2D eigenvalue weighted by Gasteiger charge is 2.54. The average Bonchev–Trinajstić information content (AvgIpc) is 2.63. The summed E-state index contributed by atoms with van der Waals surface area (Å²) < 4.78 is 0. The first-order valence-corrected chi connectivity index (χ1v) is 8.50. The van der Waals surface area contributed by atoms with Crippen molar-refractivity contribution in [3.63, 3.8) is 0 Å². The molecule has 4 heteroatoms. The predicted octanol–water partition coefficient (Wildman–Crippen LogP) is 3.90. The normalized spacial score (nSPS) is 24.4. The van der Waals surface area contributed by atoms with Gasteiger partial charge in [-0.3, -0.25) is 0 Å². The molecule has 0 bridgehead atoms. The van der Waals surface area contributed by atoms with Crippen molar-refractivity contribution in [1.29, 1.82) is 15.8 Å². The number of aryl methyl sites for hydroxylation is 2. The minimum atomic E-state index is -1.51. The molecule has 0 heterocycles. The number of nitriles is 3. The van der Waals surface area contributed by atoms with Gasteiger partial charge in [0.05, 0.1) is 23.4 Å². The first-order chi connectivity index (χ1) is 12.0. The summed E-state index contributed by atoms with van der Waals surface area (Å²) in [5, 5.41) is 29.6. The number of fused-ring (bicyclic) bond motifs is 1. The number of allylic oxidation sites excluding steroid dienone is 4. The maximum absolute atomic E-state index is 9.99. The van der Waals surface area contributed by atoms with Gasteiger partial charge in [-0.05, 0) is 55.7 Å². The highest BCUT2D eigenvalue weighted by molar-refractivity contribution is 5.59. The zero-order chi connectivity index (χ0) is 18.2. The van der Waals surface area contributed by atoms with Crippen LogP contribution >= 0.6 is 0 Å². The lowest BCUT2D eigenvalue weighted by Gasteiger charge is -2.43. The van der Waals surface area contributed by atoms with Gasteiger partial charge in [-0.25, -0.2) is 0 Å². The van der Waals surface area contributed by atoms with Gasteiger partial charge in [-0.15, -0.1) is 0 Å². The molecule has 0 saturated heterocycles. The molecule has 0 aliphatic heterocycles. The standard InChI is InChI=1S/C21H20N4/c1-13-7-8-14(2)17(9-13)19-16-6-4-3-5-15(16)18(10-22)20(25)21(19,11-23)12-24/h5,7-9,16,19H,3-4,6,25H2,1-2H3. The Balaban J connectivity index is 2.38. The fourth-order valence-electron chi connectivity index (χ4n) is 4.31.